The van der Waals surface area contributed by atoms with Gasteiger partial charge in [0.1, 0.15) is 5.75 Å². The lowest BCUT2D eigenvalue weighted by molar-refractivity contribution is 0.116. The molecule has 0 radical (unpaired) electrons. The molecule has 0 atom stereocenters. The Labute approximate surface area is 101 Å². The van der Waals surface area contributed by atoms with E-state index in [1.807, 2.05) is 0 Å². The fourth-order valence-corrected chi connectivity index (χ4v) is 2.34. The molecule has 1 rings (SSSR count). The van der Waals surface area contributed by atoms with E-state index >= 15 is 0 Å². The highest BCUT2D eigenvalue weighted by Gasteiger charge is 2.25. The number of phosphoric ester groups is 1. The molecule has 17 heavy (non-hydrogen) atoms. The second kappa shape index (κ2) is 6.77. The summed E-state index contributed by atoms with van der Waals surface area (Å²) in [4.78, 5) is 0. The average Bonchev–Trinajstić information content (AvgIpc) is 2.29. The number of hydrogen-bond donors (Lipinski definition) is 1. The molecular weight excluding hydrogens is 243 g/mol. The SMILES string of the molecule is CCOP(=O)(OCC)OCc1ccc(O)cc1. The molecule has 0 aromatic heterocycles. The number of phenols is 1. The van der Waals surface area contributed by atoms with Crippen molar-refractivity contribution in [1.29, 1.82) is 0 Å². The van der Waals surface area contributed by atoms with Crippen molar-refractivity contribution in [3.8, 4) is 5.75 Å². The number of aromatic hydroxyl groups is 1. The van der Waals surface area contributed by atoms with Crippen LogP contribution in [0.1, 0.15) is 19.4 Å². The van der Waals surface area contributed by atoms with Gasteiger partial charge in [-0.25, -0.2) is 4.57 Å². The molecule has 0 unspecified atom stereocenters. The van der Waals surface area contributed by atoms with Gasteiger partial charge in [-0.1, -0.05) is 12.1 Å². The third-order valence-corrected chi connectivity index (χ3v) is 3.49. The van der Waals surface area contributed by atoms with E-state index in [0.717, 1.165) is 5.56 Å². The number of hydrogen-bond acceptors (Lipinski definition) is 5. The summed E-state index contributed by atoms with van der Waals surface area (Å²) in [5.74, 6) is 0.173. The minimum atomic E-state index is -3.46. The molecule has 1 aromatic carbocycles. The van der Waals surface area contributed by atoms with Gasteiger partial charge in [-0.05, 0) is 31.5 Å². The lowest BCUT2D eigenvalue weighted by atomic mass is 10.2. The van der Waals surface area contributed by atoms with Crippen molar-refractivity contribution in [3.05, 3.63) is 29.8 Å². The van der Waals surface area contributed by atoms with Crippen molar-refractivity contribution in [1.82, 2.24) is 0 Å². The van der Waals surface area contributed by atoms with E-state index in [4.69, 9.17) is 18.7 Å². The smallest absolute Gasteiger partial charge is 0.475 e. The first-order valence-electron chi connectivity index (χ1n) is 5.41. The van der Waals surface area contributed by atoms with E-state index in [9.17, 15) is 4.57 Å². The standard InChI is InChI=1S/C11H17O5P/c1-3-14-17(13,15-4-2)16-9-10-5-7-11(12)8-6-10/h5-8,12H,3-4,9H2,1-2H3. The van der Waals surface area contributed by atoms with Gasteiger partial charge in [-0.3, -0.25) is 13.6 Å². The summed E-state index contributed by atoms with van der Waals surface area (Å²) in [6.07, 6.45) is 0. The fraction of sp³-hybridized carbons (Fsp3) is 0.455. The van der Waals surface area contributed by atoms with Crippen LogP contribution >= 0.6 is 7.82 Å². The van der Waals surface area contributed by atoms with E-state index in [-0.39, 0.29) is 25.6 Å². The van der Waals surface area contributed by atoms with Crippen LogP contribution in [0.4, 0.5) is 0 Å². The zero-order valence-corrected chi connectivity index (χ0v) is 10.9. The summed E-state index contributed by atoms with van der Waals surface area (Å²) >= 11 is 0. The molecule has 6 heteroatoms. The predicted octanol–water partition coefficient (Wildman–Crippen LogP) is 3.09. The van der Waals surface area contributed by atoms with Crippen molar-refractivity contribution in [2.75, 3.05) is 13.2 Å². The Morgan fingerprint density at radius 2 is 1.59 bits per heavy atom. The summed E-state index contributed by atoms with van der Waals surface area (Å²) in [7, 11) is -3.46. The molecule has 0 saturated carbocycles. The maximum absolute atomic E-state index is 11.9. The number of phenolic OH excluding ortho intramolecular Hbond substituents is 1. The van der Waals surface area contributed by atoms with Gasteiger partial charge in [0.05, 0.1) is 19.8 Å². The Kier molecular flexibility index (Phi) is 5.65. The van der Waals surface area contributed by atoms with Crippen LogP contribution in [0, 0.1) is 0 Å². The van der Waals surface area contributed by atoms with Gasteiger partial charge in [-0.15, -0.1) is 0 Å². The predicted molar refractivity (Wildman–Crippen MR) is 63.8 cm³/mol. The number of rotatable bonds is 7. The molecule has 0 fully saturated rings. The van der Waals surface area contributed by atoms with Crippen molar-refractivity contribution >= 4 is 7.82 Å². The molecule has 1 N–H and O–H groups in total. The maximum atomic E-state index is 11.9. The van der Waals surface area contributed by atoms with E-state index < -0.39 is 7.82 Å². The van der Waals surface area contributed by atoms with Gasteiger partial charge in [0.2, 0.25) is 0 Å². The Balaban J connectivity index is 2.57. The molecule has 0 heterocycles. The van der Waals surface area contributed by atoms with Gasteiger partial charge in [-0.2, -0.15) is 0 Å². The first kappa shape index (κ1) is 14.2. The maximum Gasteiger partial charge on any atom is 0.475 e. The molecule has 0 aliphatic heterocycles. The lowest BCUT2D eigenvalue weighted by Crippen LogP contribution is -2.00. The summed E-state index contributed by atoms with van der Waals surface area (Å²) in [6, 6.07) is 6.42. The van der Waals surface area contributed by atoms with Gasteiger partial charge in [0, 0.05) is 0 Å². The van der Waals surface area contributed by atoms with E-state index in [2.05, 4.69) is 0 Å². The van der Waals surface area contributed by atoms with Crippen LogP contribution < -0.4 is 0 Å². The molecule has 0 saturated heterocycles. The minimum Gasteiger partial charge on any atom is -0.508 e. The molecule has 0 amide bonds. The average molecular weight is 260 g/mol. The zero-order valence-electron chi connectivity index (χ0n) is 9.96. The summed E-state index contributed by atoms with van der Waals surface area (Å²) in [5.41, 5.74) is 0.780. The van der Waals surface area contributed by atoms with E-state index in [1.54, 1.807) is 26.0 Å². The topological polar surface area (TPSA) is 65.0 Å². The minimum absolute atomic E-state index is 0.109. The molecule has 5 nitrogen and oxygen atoms in total. The Morgan fingerprint density at radius 3 is 2.06 bits per heavy atom. The Bertz CT molecular complexity index is 366. The van der Waals surface area contributed by atoms with Crippen LogP contribution in [-0.4, -0.2) is 18.3 Å². The third kappa shape index (κ3) is 4.88. The highest BCUT2D eigenvalue weighted by molar-refractivity contribution is 7.48. The molecule has 0 spiro atoms. The van der Waals surface area contributed by atoms with Crippen LogP contribution in [0.5, 0.6) is 5.75 Å². The molecule has 1 aromatic rings. The molecule has 0 bridgehead atoms. The van der Waals surface area contributed by atoms with Crippen molar-refractivity contribution in [2.24, 2.45) is 0 Å². The third-order valence-electron chi connectivity index (χ3n) is 1.90. The van der Waals surface area contributed by atoms with Crippen LogP contribution in [-0.2, 0) is 24.7 Å². The normalized spacial score (nSPS) is 11.6. The van der Waals surface area contributed by atoms with Gasteiger partial charge < -0.3 is 5.11 Å². The number of benzene rings is 1. The van der Waals surface area contributed by atoms with Crippen LogP contribution in [0.25, 0.3) is 0 Å². The van der Waals surface area contributed by atoms with Crippen LogP contribution in [0.3, 0.4) is 0 Å². The van der Waals surface area contributed by atoms with Crippen molar-refractivity contribution in [2.45, 2.75) is 20.5 Å². The summed E-state index contributed by atoms with van der Waals surface area (Å²) in [5, 5.41) is 9.11. The fourth-order valence-electron chi connectivity index (χ4n) is 1.17. The van der Waals surface area contributed by atoms with E-state index in [0.29, 0.717) is 0 Å². The lowest BCUT2D eigenvalue weighted by Gasteiger charge is -2.16. The molecule has 96 valence electrons. The van der Waals surface area contributed by atoms with Crippen molar-refractivity contribution in [3.63, 3.8) is 0 Å². The Morgan fingerprint density at radius 1 is 1.06 bits per heavy atom. The molecular formula is C11H17O5P. The van der Waals surface area contributed by atoms with Gasteiger partial charge in [0.25, 0.3) is 0 Å². The summed E-state index contributed by atoms with van der Waals surface area (Å²) < 4.78 is 27.1. The highest BCUT2D eigenvalue weighted by atomic mass is 31.2. The van der Waals surface area contributed by atoms with Gasteiger partial charge in [0.15, 0.2) is 0 Å². The largest absolute Gasteiger partial charge is 0.508 e. The first-order valence-corrected chi connectivity index (χ1v) is 6.87. The van der Waals surface area contributed by atoms with Crippen molar-refractivity contribution < 1.29 is 23.2 Å². The van der Waals surface area contributed by atoms with Crippen LogP contribution in [0.15, 0.2) is 24.3 Å². The second-order valence-electron chi connectivity index (χ2n) is 3.22. The number of phosphoric acid groups is 1. The monoisotopic (exact) mass is 260 g/mol. The quantitative estimate of drug-likeness (QED) is 0.763. The van der Waals surface area contributed by atoms with Gasteiger partial charge >= 0.3 is 7.82 Å². The summed E-state index contributed by atoms with van der Waals surface area (Å²) in [6.45, 7) is 4.06. The molecule has 0 aliphatic rings. The van der Waals surface area contributed by atoms with Crippen LogP contribution in [0.2, 0.25) is 0 Å². The highest BCUT2D eigenvalue weighted by Crippen LogP contribution is 2.49. The molecule has 0 aliphatic carbocycles. The Hall–Kier alpha value is -0.870. The second-order valence-corrected chi connectivity index (χ2v) is 4.89. The zero-order chi connectivity index (χ0) is 12.7. The van der Waals surface area contributed by atoms with E-state index in [1.165, 1.54) is 12.1 Å². The first-order chi connectivity index (χ1) is 8.09.